The molecule has 1 N–H and O–H groups in total. The van der Waals surface area contributed by atoms with Crippen LogP contribution in [0.25, 0.3) is 0 Å². The first-order valence-electron chi connectivity index (χ1n) is 5.70. The van der Waals surface area contributed by atoms with E-state index in [1.165, 1.54) is 0 Å². The van der Waals surface area contributed by atoms with Gasteiger partial charge in [-0.15, -0.1) is 0 Å². The van der Waals surface area contributed by atoms with Gasteiger partial charge in [-0.2, -0.15) is 4.31 Å². The Bertz CT molecular complexity index is 461. The topological polar surface area (TPSA) is 62.3 Å². The molecule has 0 radical (unpaired) electrons. The van der Waals surface area contributed by atoms with E-state index in [0.717, 1.165) is 0 Å². The van der Waals surface area contributed by atoms with Gasteiger partial charge < -0.3 is 5.32 Å². The Morgan fingerprint density at radius 2 is 2.35 bits per heavy atom. The third-order valence-corrected chi connectivity index (χ3v) is 4.77. The quantitative estimate of drug-likeness (QED) is 0.838. The molecule has 5 nitrogen and oxygen atoms in total. The summed E-state index contributed by atoms with van der Waals surface area (Å²) in [5.74, 6) is -0.0157. The number of hydrogen-bond donors (Lipinski definition) is 1. The number of hydrogen-bond acceptors (Lipinski definition) is 4. The van der Waals surface area contributed by atoms with Gasteiger partial charge in [-0.05, 0) is 19.1 Å². The maximum absolute atomic E-state index is 12.2. The van der Waals surface area contributed by atoms with Crippen molar-refractivity contribution in [2.75, 3.05) is 19.6 Å². The number of nitrogens with one attached hydrogen (secondary N) is 1. The Balaban J connectivity index is 2.13. The normalized spacial score (nSPS) is 22.5. The molecule has 17 heavy (non-hydrogen) atoms. The average Bonchev–Trinajstić information content (AvgIpc) is 2.30. The molecule has 1 aromatic heterocycles. The lowest BCUT2D eigenvalue weighted by molar-refractivity contribution is 0.283. The molecule has 0 spiro atoms. The molecule has 1 fully saturated rings. The summed E-state index contributed by atoms with van der Waals surface area (Å²) >= 11 is 0. The molecule has 0 amide bonds. The summed E-state index contributed by atoms with van der Waals surface area (Å²) in [5, 5.41) is 3.18. The van der Waals surface area contributed by atoms with Crippen LogP contribution >= 0.6 is 0 Å². The van der Waals surface area contributed by atoms with Crippen LogP contribution in [0.3, 0.4) is 0 Å². The highest BCUT2D eigenvalue weighted by molar-refractivity contribution is 7.88. The fourth-order valence-electron chi connectivity index (χ4n) is 1.99. The van der Waals surface area contributed by atoms with Gasteiger partial charge in [0, 0.05) is 31.9 Å². The molecule has 1 aliphatic heterocycles. The Hall–Kier alpha value is -0.980. The second kappa shape index (κ2) is 5.12. The summed E-state index contributed by atoms with van der Waals surface area (Å²) in [6.07, 6.45) is 1.62. The maximum atomic E-state index is 12.2. The zero-order valence-corrected chi connectivity index (χ0v) is 10.7. The zero-order valence-electron chi connectivity index (χ0n) is 9.83. The first-order valence-corrected chi connectivity index (χ1v) is 7.30. The number of aromatic nitrogens is 1. The number of rotatable bonds is 3. The fraction of sp³-hybridized carbons (Fsp3) is 0.545. The number of piperazine rings is 1. The van der Waals surface area contributed by atoms with E-state index in [4.69, 9.17) is 0 Å². The van der Waals surface area contributed by atoms with Crippen LogP contribution in [-0.2, 0) is 15.8 Å². The summed E-state index contributed by atoms with van der Waals surface area (Å²) in [6, 6.07) is 5.34. The minimum absolute atomic E-state index is 0.0115. The highest BCUT2D eigenvalue weighted by atomic mass is 32.2. The van der Waals surface area contributed by atoms with Gasteiger partial charge in [-0.1, -0.05) is 6.07 Å². The zero-order chi connectivity index (χ0) is 12.3. The third-order valence-electron chi connectivity index (χ3n) is 2.85. The molecular weight excluding hydrogens is 238 g/mol. The maximum Gasteiger partial charge on any atom is 0.220 e. The molecule has 1 aromatic rings. The highest BCUT2D eigenvalue weighted by Gasteiger charge is 2.29. The van der Waals surface area contributed by atoms with Crippen molar-refractivity contribution in [2.24, 2.45) is 0 Å². The lowest BCUT2D eigenvalue weighted by atomic mass is 10.3. The Morgan fingerprint density at radius 1 is 1.53 bits per heavy atom. The van der Waals surface area contributed by atoms with Crippen LogP contribution in [0.4, 0.5) is 0 Å². The van der Waals surface area contributed by atoms with E-state index in [1.54, 1.807) is 28.7 Å². The molecule has 1 atom stereocenters. The highest BCUT2D eigenvalue weighted by Crippen LogP contribution is 2.13. The summed E-state index contributed by atoms with van der Waals surface area (Å²) in [5.41, 5.74) is 0.596. The molecular formula is C11H17N3O2S. The summed E-state index contributed by atoms with van der Waals surface area (Å²) < 4.78 is 26.0. The van der Waals surface area contributed by atoms with Gasteiger partial charge in [0.05, 0.1) is 5.69 Å². The van der Waals surface area contributed by atoms with Crippen LogP contribution in [0.15, 0.2) is 24.4 Å². The van der Waals surface area contributed by atoms with Gasteiger partial charge in [-0.25, -0.2) is 8.42 Å². The number of nitrogens with zero attached hydrogens (tertiary/aromatic N) is 2. The van der Waals surface area contributed by atoms with E-state index in [1.807, 2.05) is 6.92 Å². The molecule has 0 aromatic carbocycles. The average molecular weight is 255 g/mol. The van der Waals surface area contributed by atoms with Crippen LogP contribution in [0.5, 0.6) is 0 Å². The second-order valence-corrected chi connectivity index (χ2v) is 6.16. The second-order valence-electron chi connectivity index (χ2n) is 4.24. The van der Waals surface area contributed by atoms with Gasteiger partial charge in [0.25, 0.3) is 0 Å². The molecule has 0 saturated carbocycles. The predicted molar refractivity (Wildman–Crippen MR) is 65.9 cm³/mol. The summed E-state index contributed by atoms with van der Waals surface area (Å²) in [7, 11) is -3.25. The summed E-state index contributed by atoms with van der Waals surface area (Å²) in [6.45, 7) is 3.88. The fourth-order valence-corrected chi connectivity index (χ4v) is 3.69. The van der Waals surface area contributed by atoms with Crippen molar-refractivity contribution < 1.29 is 8.42 Å². The van der Waals surface area contributed by atoms with Crippen LogP contribution in [0, 0.1) is 0 Å². The van der Waals surface area contributed by atoms with Crippen molar-refractivity contribution in [2.45, 2.75) is 18.7 Å². The lowest BCUT2D eigenvalue weighted by Gasteiger charge is -2.32. The van der Waals surface area contributed by atoms with Gasteiger partial charge in [0.1, 0.15) is 5.75 Å². The van der Waals surface area contributed by atoms with Crippen LogP contribution in [-0.4, -0.2) is 43.4 Å². The van der Waals surface area contributed by atoms with Crippen LogP contribution in [0.1, 0.15) is 12.6 Å². The molecule has 94 valence electrons. The van der Waals surface area contributed by atoms with Crippen molar-refractivity contribution >= 4 is 10.0 Å². The van der Waals surface area contributed by atoms with Crippen LogP contribution in [0.2, 0.25) is 0 Å². The lowest BCUT2D eigenvalue weighted by Crippen LogP contribution is -2.52. The van der Waals surface area contributed by atoms with E-state index < -0.39 is 10.0 Å². The Kier molecular flexibility index (Phi) is 3.76. The molecule has 1 saturated heterocycles. The van der Waals surface area contributed by atoms with E-state index >= 15 is 0 Å². The third kappa shape index (κ3) is 3.02. The molecule has 6 heteroatoms. The first-order chi connectivity index (χ1) is 8.09. The van der Waals surface area contributed by atoms with Crippen molar-refractivity contribution in [3.8, 4) is 0 Å². The molecule has 2 rings (SSSR count). The number of pyridine rings is 1. The molecule has 0 bridgehead atoms. The van der Waals surface area contributed by atoms with Crippen molar-refractivity contribution in [3.63, 3.8) is 0 Å². The van der Waals surface area contributed by atoms with Gasteiger partial charge >= 0.3 is 0 Å². The van der Waals surface area contributed by atoms with E-state index in [2.05, 4.69) is 10.3 Å². The van der Waals surface area contributed by atoms with E-state index in [-0.39, 0.29) is 11.8 Å². The van der Waals surface area contributed by atoms with Gasteiger partial charge in [0.2, 0.25) is 10.0 Å². The van der Waals surface area contributed by atoms with Crippen molar-refractivity contribution in [1.29, 1.82) is 0 Å². The Labute approximate surface area is 102 Å². The molecule has 2 heterocycles. The first kappa shape index (κ1) is 12.5. The van der Waals surface area contributed by atoms with Gasteiger partial charge in [0.15, 0.2) is 0 Å². The van der Waals surface area contributed by atoms with Crippen molar-refractivity contribution in [3.05, 3.63) is 30.1 Å². The van der Waals surface area contributed by atoms with Crippen molar-refractivity contribution in [1.82, 2.24) is 14.6 Å². The molecule has 1 aliphatic rings. The molecule has 0 unspecified atom stereocenters. The smallest absolute Gasteiger partial charge is 0.220 e. The minimum atomic E-state index is -3.25. The standard InChI is InChI=1S/C11H17N3O2S/c1-10-8-12-6-7-14(10)17(15,16)9-11-4-2-3-5-13-11/h2-5,10,12H,6-9H2,1H3/t10-/m1/s1. The minimum Gasteiger partial charge on any atom is -0.314 e. The summed E-state index contributed by atoms with van der Waals surface area (Å²) in [4.78, 5) is 4.06. The van der Waals surface area contributed by atoms with E-state index in [9.17, 15) is 8.42 Å². The van der Waals surface area contributed by atoms with Crippen LogP contribution < -0.4 is 5.32 Å². The van der Waals surface area contributed by atoms with E-state index in [0.29, 0.717) is 25.3 Å². The van der Waals surface area contributed by atoms with Gasteiger partial charge in [-0.3, -0.25) is 4.98 Å². The predicted octanol–water partition coefficient (Wildman–Crippen LogP) is 0.205. The monoisotopic (exact) mass is 255 g/mol. The molecule has 0 aliphatic carbocycles. The SMILES string of the molecule is C[C@@H]1CNCCN1S(=O)(=O)Cc1ccccn1. The number of sulfonamides is 1. The Morgan fingerprint density at radius 3 is 3.00 bits per heavy atom. The largest absolute Gasteiger partial charge is 0.314 e.